The van der Waals surface area contributed by atoms with Crippen molar-refractivity contribution in [3.63, 3.8) is 0 Å². The summed E-state index contributed by atoms with van der Waals surface area (Å²) in [5.41, 5.74) is -0.355. The Kier molecular flexibility index (Phi) is 5.20. The molecular formula is C10H14F3N. The van der Waals surface area contributed by atoms with Gasteiger partial charge in [0.25, 0.3) is 0 Å². The van der Waals surface area contributed by atoms with Gasteiger partial charge < -0.3 is 0 Å². The number of alkyl halides is 3. The molecule has 0 N–H and O–H groups in total. The summed E-state index contributed by atoms with van der Waals surface area (Å²) in [6.07, 6.45) is -3.81. The Hall–Kier alpha value is -1.06. The van der Waals surface area contributed by atoms with E-state index in [0.29, 0.717) is 12.1 Å². The molecule has 1 heterocycles. The first-order chi connectivity index (χ1) is 6.54. The summed E-state index contributed by atoms with van der Waals surface area (Å²) >= 11 is 0. The Morgan fingerprint density at radius 2 is 1.79 bits per heavy atom. The molecule has 0 aliphatic carbocycles. The minimum Gasteiger partial charge on any atom is -0.248 e. The van der Waals surface area contributed by atoms with Crippen LogP contribution in [0.1, 0.15) is 32.2 Å². The Morgan fingerprint density at radius 1 is 1.21 bits per heavy atom. The van der Waals surface area contributed by atoms with Crippen molar-refractivity contribution in [2.75, 3.05) is 0 Å². The number of rotatable bonds is 1. The molecular weight excluding hydrogens is 191 g/mol. The second kappa shape index (κ2) is 5.62. The molecule has 0 bridgehead atoms. The van der Waals surface area contributed by atoms with E-state index >= 15 is 0 Å². The molecule has 4 heteroatoms. The summed E-state index contributed by atoms with van der Waals surface area (Å²) in [7, 11) is 0. The Bertz CT molecular complexity index is 268. The predicted molar refractivity (Wildman–Crippen MR) is 50.0 cm³/mol. The highest BCUT2D eigenvalue weighted by Crippen LogP contribution is 2.27. The van der Waals surface area contributed by atoms with Crippen molar-refractivity contribution in [3.05, 3.63) is 29.6 Å². The topological polar surface area (TPSA) is 12.9 Å². The summed E-state index contributed by atoms with van der Waals surface area (Å²) < 4.78 is 36.1. The fourth-order valence-corrected chi connectivity index (χ4v) is 0.834. The number of pyridine rings is 1. The molecule has 0 aliphatic heterocycles. The van der Waals surface area contributed by atoms with Crippen molar-refractivity contribution in [1.29, 1.82) is 0 Å². The molecule has 0 saturated heterocycles. The van der Waals surface area contributed by atoms with Crippen molar-refractivity contribution in [3.8, 4) is 0 Å². The van der Waals surface area contributed by atoms with Crippen molar-refractivity contribution in [1.82, 2.24) is 4.98 Å². The Morgan fingerprint density at radius 3 is 2.21 bits per heavy atom. The molecule has 0 aliphatic rings. The van der Waals surface area contributed by atoms with Gasteiger partial charge in [0, 0.05) is 5.69 Å². The quantitative estimate of drug-likeness (QED) is 0.681. The molecule has 1 rings (SSSR count). The Labute approximate surface area is 82.0 Å². The molecule has 0 unspecified atom stereocenters. The molecule has 1 aromatic rings. The van der Waals surface area contributed by atoms with Crippen LogP contribution < -0.4 is 0 Å². The summed E-state index contributed by atoms with van der Waals surface area (Å²) in [6.45, 7) is 5.77. The molecule has 0 aromatic carbocycles. The lowest BCUT2D eigenvalue weighted by atomic mass is 10.2. The number of hydrogen-bond acceptors (Lipinski definition) is 1. The molecule has 14 heavy (non-hydrogen) atoms. The van der Waals surface area contributed by atoms with Gasteiger partial charge in [-0.1, -0.05) is 26.8 Å². The summed E-state index contributed by atoms with van der Waals surface area (Å²) in [5.74, 6) is 0. The van der Waals surface area contributed by atoms with E-state index in [-0.39, 0.29) is 0 Å². The van der Waals surface area contributed by atoms with Crippen LogP contribution in [-0.4, -0.2) is 4.98 Å². The molecule has 80 valence electrons. The van der Waals surface area contributed by atoms with Crippen LogP contribution in [0.2, 0.25) is 0 Å². The maximum absolute atomic E-state index is 12.0. The first-order valence-corrected chi connectivity index (χ1v) is 4.57. The first kappa shape index (κ1) is 12.9. The van der Waals surface area contributed by atoms with Gasteiger partial charge in [-0.25, -0.2) is 4.98 Å². The van der Waals surface area contributed by atoms with Gasteiger partial charge in [0.2, 0.25) is 0 Å². The smallest absolute Gasteiger partial charge is 0.248 e. The SMILES string of the molecule is CC.CCc1cccc(C(F)(F)F)n1. The van der Waals surface area contributed by atoms with Gasteiger partial charge >= 0.3 is 6.18 Å². The van der Waals surface area contributed by atoms with E-state index < -0.39 is 11.9 Å². The average Bonchev–Trinajstić information content (AvgIpc) is 2.20. The van der Waals surface area contributed by atoms with Crippen LogP contribution in [0.4, 0.5) is 13.2 Å². The molecule has 0 radical (unpaired) electrons. The van der Waals surface area contributed by atoms with Gasteiger partial charge in [0.1, 0.15) is 5.69 Å². The lowest BCUT2D eigenvalue weighted by molar-refractivity contribution is -0.141. The van der Waals surface area contributed by atoms with Crippen LogP contribution in [0.25, 0.3) is 0 Å². The van der Waals surface area contributed by atoms with E-state index in [1.54, 1.807) is 13.0 Å². The second-order valence-electron chi connectivity index (χ2n) is 2.37. The average molecular weight is 205 g/mol. The van der Waals surface area contributed by atoms with Gasteiger partial charge in [-0.3, -0.25) is 0 Å². The van der Waals surface area contributed by atoms with Gasteiger partial charge in [-0.15, -0.1) is 0 Å². The third-order valence-electron chi connectivity index (χ3n) is 1.46. The number of nitrogens with zero attached hydrogens (tertiary/aromatic N) is 1. The summed E-state index contributed by atoms with van der Waals surface area (Å²) in [6, 6.07) is 3.92. The fourth-order valence-electron chi connectivity index (χ4n) is 0.834. The molecule has 0 spiro atoms. The zero-order valence-corrected chi connectivity index (χ0v) is 8.52. The summed E-state index contributed by atoms with van der Waals surface area (Å²) in [4.78, 5) is 3.44. The largest absolute Gasteiger partial charge is 0.433 e. The summed E-state index contributed by atoms with van der Waals surface area (Å²) in [5, 5.41) is 0. The minimum atomic E-state index is -4.33. The lowest BCUT2D eigenvalue weighted by Gasteiger charge is -2.05. The van der Waals surface area contributed by atoms with Gasteiger partial charge in [0.05, 0.1) is 0 Å². The van der Waals surface area contributed by atoms with E-state index in [4.69, 9.17) is 0 Å². The van der Waals surface area contributed by atoms with Gasteiger partial charge in [-0.2, -0.15) is 13.2 Å². The van der Waals surface area contributed by atoms with Crippen molar-refractivity contribution >= 4 is 0 Å². The van der Waals surface area contributed by atoms with E-state index in [2.05, 4.69) is 4.98 Å². The van der Waals surface area contributed by atoms with E-state index in [1.165, 1.54) is 6.07 Å². The fraction of sp³-hybridized carbons (Fsp3) is 0.500. The molecule has 1 nitrogen and oxygen atoms in total. The Balaban J connectivity index is 0.000000791. The third-order valence-corrected chi connectivity index (χ3v) is 1.46. The predicted octanol–water partition coefficient (Wildman–Crippen LogP) is 3.69. The number of hydrogen-bond donors (Lipinski definition) is 0. The number of halogens is 3. The maximum Gasteiger partial charge on any atom is 0.433 e. The van der Waals surface area contributed by atoms with Crippen molar-refractivity contribution < 1.29 is 13.2 Å². The zero-order valence-electron chi connectivity index (χ0n) is 8.52. The molecule has 0 saturated carbocycles. The first-order valence-electron chi connectivity index (χ1n) is 4.57. The van der Waals surface area contributed by atoms with Crippen LogP contribution in [0, 0.1) is 0 Å². The van der Waals surface area contributed by atoms with Crippen LogP contribution in [0.15, 0.2) is 18.2 Å². The molecule has 1 aromatic heterocycles. The normalized spacial score (nSPS) is 10.4. The maximum atomic E-state index is 12.0. The number of aromatic nitrogens is 1. The van der Waals surface area contributed by atoms with E-state index in [1.807, 2.05) is 13.8 Å². The highest BCUT2D eigenvalue weighted by atomic mass is 19.4. The highest BCUT2D eigenvalue weighted by Gasteiger charge is 2.32. The van der Waals surface area contributed by atoms with E-state index in [0.717, 1.165) is 6.07 Å². The van der Waals surface area contributed by atoms with Crippen molar-refractivity contribution in [2.45, 2.75) is 33.4 Å². The number of aryl methyl sites for hydroxylation is 1. The molecule has 0 amide bonds. The highest BCUT2D eigenvalue weighted by molar-refractivity contribution is 5.13. The second-order valence-corrected chi connectivity index (χ2v) is 2.37. The van der Waals surface area contributed by atoms with E-state index in [9.17, 15) is 13.2 Å². The van der Waals surface area contributed by atoms with Crippen molar-refractivity contribution in [2.24, 2.45) is 0 Å². The van der Waals surface area contributed by atoms with Gasteiger partial charge in [-0.05, 0) is 18.6 Å². The van der Waals surface area contributed by atoms with Gasteiger partial charge in [0.15, 0.2) is 0 Å². The molecule has 0 fully saturated rings. The third kappa shape index (κ3) is 3.77. The zero-order chi connectivity index (χ0) is 11.2. The van der Waals surface area contributed by atoms with Crippen LogP contribution >= 0.6 is 0 Å². The van der Waals surface area contributed by atoms with Crippen LogP contribution in [0.3, 0.4) is 0 Å². The van der Waals surface area contributed by atoms with Crippen LogP contribution in [0.5, 0.6) is 0 Å². The standard InChI is InChI=1S/C8H8F3N.C2H6/c1-2-6-4-3-5-7(12-6)8(9,10)11;1-2/h3-5H,2H2,1H3;1-2H3. The lowest BCUT2D eigenvalue weighted by Crippen LogP contribution is -2.08. The minimum absolute atomic E-state index is 0.463. The molecule has 0 atom stereocenters. The monoisotopic (exact) mass is 205 g/mol. The van der Waals surface area contributed by atoms with Crippen LogP contribution in [-0.2, 0) is 12.6 Å².